The molecule has 0 aliphatic rings. The van der Waals surface area contributed by atoms with Gasteiger partial charge in [-0.3, -0.25) is 4.79 Å². The highest BCUT2D eigenvalue weighted by Gasteiger charge is 2.23. The van der Waals surface area contributed by atoms with Gasteiger partial charge in [-0.25, -0.2) is 9.97 Å². The van der Waals surface area contributed by atoms with E-state index in [-0.39, 0.29) is 23.1 Å². The van der Waals surface area contributed by atoms with Crippen molar-refractivity contribution in [3.8, 4) is 0 Å². The first-order chi connectivity index (χ1) is 7.41. The molecule has 16 heavy (non-hydrogen) atoms. The van der Waals surface area contributed by atoms with Crippen LogP contribution in [-0.2, 0) is 4.79 Å². The summed E-state index contributed by atoms with van der Waals surface area (Å²) in [5.74, 6) is -0.795. The number of carbonyl (C=O) groups is 1. The van der Waals surface area contributed by atoms with Crippen LogP contribution in [-0.4, -0.2) is 32.2 Å². The monoisotopic (exact) mass is 246 g/mol. The van der Waals surface area contributed by atoms with Crippen LogP contribution in [0.5, 0.6) is 0 Å². The first-order valence-electron chi connectivity index (χ1n) is 4.34. The van der Waals surface area contributed by atoms with Crippen molar-refractivity contribution >= 4 is 23.3 Å². The molecule has 1 aromatic heterocycles. The number of aliphatic hydroxyl groups excluding tert-OH is 2. The van der Waals surface area contributed by atoms with Gasteiger partial charge in [0.05, 0.1) is 12.5 Å². The summed E-state index contributed by atoms with van der Waals surface area (Å²) in [6, 6.07) is 0. The molecule has 0 saturated carbocycles. The molecule has 0 aromatic carbocycles. The van der Waals surface area contributed by atoms with Gasteiger partial charge in [0.2, 0.25) is 11.2 Å². The van der Waals surface area contributed by atoms with Gasteiger partial charge in [0.25, 0.3) is 0 Å². The van der Waals surface area contributed by atoms with E-state index in [0.717, 1.165) is 0 Å². The van der Waals surface area contributed by atoms with Crippen molar-refractivity contribution in [1.82, 2.24) is 9.97 Å². The average molecular weight is 247 g/mol. The second kappa shape index (κ2) is 5.06. The van der Waals surface area contributed by atoms with E-state index in [2.05, 4.69) is 9.97 Å². The molecule has 2 atom stereocenters. The molecular weight excluding hydrogens is 236 g/mol. The summed E-state index contributed by atoms with van der Waals surface area (Å²) in [6.45, 7) is 0. The van der Waals surface area contributed by atoms with Crippen molar-refractivity contribution in [2.45, 2.75) is 18.6 Å². The Bertz CT molecular complexity index is 401. The standard InChI is InChI=1S/C8H11ClN4O3/c9-8-12-2-3(7(11)13-8)6(16)4(14)1-5(10)15/h2,4,6,14,16H,1H2,(H2,10,15)(H2,11,12,13). The second-order valence-corrected chi connectivity index (χ2v) is 3.50. The third-order valence-corrected chi connectivity index (χ3v) is 2.09. The number of nitrogen functional groups attached to an aromatic ring is 1. The summed E-state index contributed by atoms with van der Waals surface area (Å²) in [6.07, 6.45) is -1.95. The zero-order valence-electron chi connectivity index (χ0n) is 8.17. The normalized spacial score (nSPS) is 14.4. The fourth-order valence-corrected chi connectivity index (χ4v) is 1.27. The van der Waals surface area contributed by atoms with E-state index in [1.807, 2.05) is 0 Å². The molecule has 1 amide bonds. The van der Waals surface area contributed by atoms with Crippen LogP contribution in [0.2, 0.25) is 5.28 Å². The van der Waals surface area contributed by atoms with Gasteiger partial charge in [-0.15, -0.1) is 0 Å². The van der Waals surface area contributed by atoms with Crippen LogP contribution in [0.15, 0.2) is 6.20 Å². The highest BCUT2D eigenvalue weighted by atomic mass is 35.5. The minimum atomic E-state index is -1.38. The Balaban J connectivity index is 2.87. The highest BCUT2D eigenvalue weighted by Crippen LogP contribution is 2.23. The van der Waals surface area contributed by atoms with E-state index in [9.17, 15) is 15.0 Å². The zero-order chi connectivity index (χ0) is 12.3. The van der Waals surface area contributed by atoms with Crippen molar-refractivity contribution in [1.29, 1.82) is 0 Å². The fraction of sp³-hybridized carbons (Fsp3) is 0.375. The van der Waals surface area contributed by atoms with Gasteiger partial charge in [-0.2, -0.15) is 0 Å². The quantitative estimate of drug-likeness (QED) is 0.502. The smallest absolute Gasteiger partial charge is 0.224 e. The van der Waals surface area contributed by atoms with E-state index < -0.39 is 18.1 Å². The number of halogens is 1. The fourth-order valence-electron chi connectivity index (χ4n) is 1.13. The van der Waals surface area contributed by atoms with Crippen molar-refractivity contribution < 1.29 is 15.0 Å². The zero-order valence-corrected chi connectivity index (χ0v) is 8.92. The molecule has 1 rings (SSSR count). The summed E-state index contributed by atoms with van der Waals surface area (Å²) in [4.78, 5) is 17.8. The number of aromatic nitrogens is 2. The lowest BCUT2D eigenvalue weighted by Gasteiger charge is -2.17. The number of hydrogen-bond acceptors (Lipinski definition) is 6. The van der Waals surface area contributed by atoms with E-state index in [4.69, 9.17) is 23.1 Å². The molecule has 0 aliphatic carbocycles. The maximum absolute atomic E-state index is 10.6. The van der Waals surface area contributed by atoms with Crippen LogP contribution in [0.25, 0.3) is 0 Å². The van der Waals surface area contributed by atoms with Gasteiger partial charge in [-0.05, 0) is 11.6 Å². The van der Waals surface area contributed by atoms with Crippen LogP contribution in [0, 0.1) is 0 Å². The molecule has 0 spiro atoms. The minimum absolute atomic E-state index is 0.0592. The molecule has 7 nitrogen and oxygen atoms in total. The summed E-state index contributed by atoms with van der Waals surface area (Å²) in [5.41, 5.74) is 10.4. The molecular formula is C8H11ClN4O3. The predicted molar refractivity (Wildman–Crippen MR) is 56.2 cm³/mol. The van der Waals surface area contributed by atoms with Crippen LogP contribution in [0.1, 0.15) is 18.1 Å². The Hall–Kier alpha value is -1.44. The third-order valence-electron chi connectivity index (χ3n) is 1.91. The largest absolute Gasteiger partial charge is 0.390 e. The summed E-state index contributed by atoms with van der Waals surface area (Å²) in [7, 11) is 0. The van der Waals surface area contributed by atoms with E-state index in [1.54, 1.807) is 0 Å². The van der Waals surface area contributed by atoms with E-state index >= 15 is 0 Å². The molecule has 0 radical (unpaired) electrons. The summed E-state index contributed by atoms with van der Waals surface area (Å²) < 4.78 is 0. The molecule has 0 fully saturated rings. The summed E-state index contributed by atoms with van der Waals surface area (Å²) in [5, 5.41) is 19.0. The van der Waals surface area contributed by atoms with Crippen LogP contribution in [0.3, 0.4) is 0 Å². The predicted octanol–water partition coefficient (Wildman–Crippen LogP) is -1.02. The Labute approximate surface area is 96.1 Å². The van der Waals surface area contributed by atoms with Gasteiger partial charge in [0.15, 0.2) is 0 Å². The van der Waals surface area contributed by atoms with Crippen molar-refractivity contribution in [3.63, 3.8) is 0 Å². The molecule has 0 aliphatic heterocycles. The van der Waals surface area contributed by atoms with Crippen LogP contribution < -0.4 is 11.5 Å². The lowest BCUT2D eigenvalue weighted by atomic mass is 10.0. The molecule has 6 N–H and O–H groups in total. The number of anilines is 1. The number of carbonyl (C=O) groups excluding carboxylic acids is 1. The molecule has 0 bridgehead atoms. The van der Waals surface area contributed by atoms with Gasteiger partial charge in [-0.1, -0.05) is 0 Å². The lowest BCUT2D eigenvalue weighted by molar-refractivity contribution is -0.121. The molecule has 88 valence electrons. The lowest BCUT2D eigenvalue weighted by Crippen LogP contribution is -2.26. The van der Waals surface area contributed by atoms with Gasteiger partial charge < -0.3 is 21.7 Å². The second-order valence-electron chi connectivity index (χ2n) is 3.16. The number of nitrogens with two attached hydrogens (primary N) is 2. The van der Waals surface area contributed by atoms with Crippen LogP contribution in [0.4, 0.5) is 5.82 Å². The number of nitrogens with zero attached hydrogens (tertiary/aromatic N) is 2. The van der Waals surface area contributed by atoms with E-state index in [1.165, 1.54) is 6.20 Å². The molecule has 0 saturated heterocycles. The average Bonchev–Trinajstić information content (AvgIpc) is 2.15. The first-order valence-corrected chi connectivity index (χ1v) is 4.72. The number of aliphatic hydroxyl groups is 2. The van der Waals surface area contributed by atoms with Gasteiger partial charge in [0, 0.05) is 11.8 Å². The van der Waals surface area contributed by atoms with Crippen LogP contribution >= 0.6 is 11.6 Å². The number of rotatable bonds is 4. The molecule has 2 unspecified atom stereocenters. The summed E-state index contributed by atoms with van der Waals surface area (Å²) >= 11 is 5.47. The highest BCUT2D eigenvalue weighted by molar-refractivity contribution is 6.28. The minimum Gasteiger partial charge on any atom is -0.390 e. The van der Waals surface area contributed by atoms with Crippen molar-refractivity contribution in [3.05, 3.63) is 17.0 Å². The topological polar surface area (TPSA) is 135 Å². The number of primary amides is 1. The molecule has 8 heteroatoms. The third kappa shape index (κ3) is 3.02. The van der Waals surface area contributed by atoms with Crippen molar-refractivity contribution in [2.75, 3.05) is 5.73 Å². The Morgan fingerprint density at radius 2 is 2.19 bits per heavy atom. The van der Waals surface area contributed by atoms with Gasteiger partial charge in [0.1, 0.15) is 11.9 Å². The Morgan fingerprint density at radius 3 is 2.69 bits per heavy atom. The van der Waals surface area contributed by atoms with Gasteiger partial charge >= 0.3 is 0 Å². The maximum atomic E-state index is 10.6. The Kier molecular flexibility index (Phi) is 3.99. The molecule has 1 aromatic rings. The first kappa shape index (κ1) is 12.6. The van der Waals surface area contributed by atoms with Crippen molar-refractivity contribution in [2.24, 2.45) is 5.73 Å². The maximum Gasteiger partial charge on any atom is 0.224 e. The van der Waals surface area contributed by atoms with E-state index in [0.29, 0.717) is 0 Å². The molecule has 1 heterocycles. The number of hydrogen-bond donors (Lipinski definition) is 4. The number of amides is 1. The SMILES string of the molecule is NC(=O)CC(O)C(O)c1cnc(Cl)nc1N. The Morgan fingerprint density at radius 1 is 1.56 bits per heavy atom.